The van der Waals surface area contributed by atoms with E-state index in [-0.39, 0.29) is 5.02 Å². The molecule has 0 spiro atoms. The van der Waals surface area contributed by atoms with Gasteiger partial charge in [-0.3, -0.25) is 4.99 Å². The summed E-state index contributed by atoms with van der Waals surface area (Å²) in [5.41, 5.74) is 1.51. The van der Waals surface area contributed by atoms with Gasteiger partial charge >= 0.3 is 6.55 Å². The second-order valence-corrected chi connectivity index (χ2v) is 10.1. The number of amidine groups is 1. The van der Waals surface area contributed by atoms with Crippen molar-refractivity contribution in [3.05, 3.63) is 87.5 Å². The third-order valence-corrected chi connectivity index (χ3v) is 7.51. The van der Waals surface area contributed by atoms with Crippen LogP contribution in [0.2, 0.25) is 5.02 Å². The number of aromatic nitrogens is 3. The minimum absolute atomic E-state index is 0.156. The Morgan fingerprint density at radius 3 is 2.77 bits per heavy atom. The van der Waals surface area contributed by atoms with Crippen LogP contribution in [-0.4, -0.2) is 43.3 Å². The van der Waals surface area contributed by atoms with Crippen molar-refractivity contribution in [2.75, 3.05) is 6.54 Å². The SMILES string of the molecule is C=CC(O)[C@]1(C)CC2=C(c3ccn(C(F)F)n3)[C@H](c3ccc(F)cc3Cl)N=C(c3nccs3)N2C1. The van der Waals surface area contributed by atoms with Gasteiger partial charge in [0, 0.05) is 51.6 Å². The van der Waals surface area contributed by atoms with Gasteiger partial charge in [0.1, 0.15) is 11.9 Å². The molecule has 182 valence electrons. The van der Waals surface area contributed by atoms with Gasteiger partial charge in [-0.05, 0) is 24.6 Å². The molecule has 0 amide bonds. The first kappa shape index (κ1) is 23.8. The van der Waals surface area contributed by atoms with Gasteiger partial charge in [0.25, 0.3) is 0 Å². The van der Waals surface area contributed by atoms with Crippen LogP contribution in [0.5, 0.6) is 0 Å². The van der Waals surface area contributed by atoms with Crippen molar-refractivity contribution >= 4 is 34.3 Å². The first-order valence-corrected chi connectivity index (χ1v) is 12.0. The molecule has 1 fully saturated rings. The van der Waals surface area contributed by atoms with Crippen molar-refractivity contribution in [2.24, 2.45) is 10.4 Å². The molecule has 1 aromatic carbocycles. The van der Waals surface area contributed by atoms with Crippen molar-refractivity contribution in [3.8, 4) is 0 Å². The number of benzene rings is 1. The maximum atomic E-state index is 13.9. The number of allylic oxidation sites excluding steroid dienone is 1. The highest BCUT2D eigenvalue weighted by Gasteiger charge is 2.48. The molecular formula is C24H21ClF3N5OS. The van der Waals surface area contributed by atoms with Crippen molar-refractivity contribution in [2.45, 2.75) is 32.0 Å². The molecule has 2 aromatic heterocycles. The van der Waals surface area contributed by atoms with Crippen LogP contribution < -0.4 is 0 Å². The number of thiazole rings is 1. The van der Waals surface area contributed by atoms with E-state index in [0.29, 0.717) is 45.3 Å². The largest absolute Gasteiger partial charge is 0.388 e. The van der Waals surface area contributed by atoms with Crippen molar-refractivity contribution in [3.63, 3.8) is 0 Å². The van der Waals surface area contributed by atoms with E-state index in [0.717, 1.165) is 5.70 Å². The summed E-state index contributed by atoms with van der Waals surface area (Å²) in [6.45, 7) is 3.26. The van der Waals surface area contributed by atoms with E-state index in [9.17, 15) is 18.3 Å². The molecule has 0 bridgehead atoms. The second kappa shape index (κ2) is 8.92. The van der Waals surface area contributed by atoms with Gasteiger partial charge in [-0.25, -0.2) is 14.1 Å². The van der Waals surface area contributed by atoms with Gasteiger partial charge in [-0.1, -0.05) is 30.7 Å². The summed E-state index contributed by atoms with van der Waals surface area (Å²) in [7, 11) is 0. The molecule has 0 radical (unpaired) electrons. The third kappa shape index (κ3) is 4.09. The van der Waals surface area contributed by atoms with Crippen LogP contribution in [0, 0.1) is 11.2 Å². The van der Waals surface area contributed by atoms with Gasteiger partial charge in [-0.15, -0.1) is 17.9 Å². The Bertz CT molecular complexity index is 1340. The average Bonchev–Trinajstić information content (AvgIpc) is 3.57. The normalized spacial score (nSPS) is 23.0. The summed E-state index contributed by atoms with van der Waals surface area (Å²) in [6.07, 6.45) is 3.93. The van der Waals surface area contributed by atoms with Gasteiger partial charge in [0.15, 0.2) is 10.8 Å². The van der Waals surface area contributed by atoms with Crippen molar-refractivity contribution in [1.82, 2.24) is 19.7 Å². The number of aliphatic hydroxyl groups is 1. The predicted molar refractivity (Wildman–Crippen MR) is 129 cm³/mol. The smallest absolute Gasteiger partial charge is 0.333 e. The predicted octanol–water partition coefficient (Wildman–Crippen LogP) is 5.70. The zero-order valence-electron chi connectivity index (χ0n) is 18.6. The molecule has 6 nitrogen and oxygen atoms in total. The molecule has 2 aliphatic heterocycles. The summed E-state index contributed by atoms with van der Waals surface area (Å²) in [4.78, 5) is 11.4. The topological polar surface area (TPSA) is 66.5 Å². The van der Waals surface area contributed by atoms with Gasteiger partial charge < -0.3 is 10.0 Å². The number of fused-ring (bicyclic) bond motifs is 1. The molecule has 0 saturated carbocycles. The Balaban J connectivity index is 1.76. The van der Waals surface area contributed by atoms with E-state index < -0.39 is 29.9 Å². The Morgan fingerprint density at radius 1 is 1.34 bits per heavy atom. The molecule has 3 aromatic rings. The van der Waals surface area contributed by atoms with Gasteiger partial charge in [-0.2, -0.15) is 13.9 Å². The van der Waals surface area contributed by atoms with Crippen LogP contribution in [-0.2, 0) is 0 Å². The Labute approximate surface area is 208 Å². The molecule has 1 saturated heterocycles. The lowest BCUT2D eigenvalue weighted by Gasteiger charge is -2.32. The Morgan fingerprint density at radius 2 is 2.14 bits per heavy atom. The summed E-state index contributed by atoms with van der Waals surface area (Å²) >= 11 is 7.86. The first-order valence-electron chi connectivity index (χ1n) is 10.8. The molecule has 1 unspecified atom stereocenters. The number of halogens is 4. The van der Waals surface area contributed by atoms with Crippen LogP contribution in [0.15, 0.2) is 65.4 Å². The zero-order valence-corrected chi connectivity index (χ0v) is 20.1. The lowest BCUT2D eigenvalue weighted by atomic mass is 9.81. The van der Waals surface area contributed by atoms with Crippen molar-refractivity contribution < 1.29 is 18.3 Å². The van der Waals surface area contributed by atoms with Gasteiger partial charge in [0.2, 0.25) is 0 Å². The van der Waals surface area contributed by atoms with E-state index in [4.69, 9.17) is 16.6 Å². The molecule has 4 heterocycles. The molecular weight excluding hydrogens is 499 g/mol. The molecule has 11 heteroatoms. The van der Waals surface area contributed by atoms with E-state index in [1.165, 1.54) is 41.8 Å². The van der Waals surface area contributed by atoms with Crippen LogP contribution in [0.25, 0.3) is 5.57 Å². The number of hydrogen-bond acceptors (Lipinski definition) is 6. The van der Waals surface area contributed by atoms with Crippen LogP contribution in [0.1, 0.15) is 42.2 Å². The lowest BCUT2D eigenvalue weighted by molar-refractivity contribution is 0.0564. The molecule has 1 N–H and O–H groups in total. The van der Waals surface area contributed by atoms with Crippen LogP contribution in [0.3, 0.4) is 0 Å². The summed E-state index contributed by atoms with van der Waals surface area (Å²) < 4.78 is 41.3. The molecule has 2 aliphatic rings. The Kier molecular flexibility index (Phi) is 6.06. The molecule has 0 aliphatic carbocycles. The fourth-order valence-electron chi connectivity index (χ4n) is 4.66. The standard InChI is InChI=1S/C24H21ClF3N5OS/c1-3-18(34)24(2)11-17-19(16-6-8-33(31-16)23(27)28)20(14-5-4-13(26)10-15(14)25)30-21(32(17)12-24)22-29-7-9-35-22/h3-10,18,20,23,34H,1,11-12H2,2H3/t18?,20-,24+/m0/s1. The van der Waals surface area contributed by atoms with E-state index >= 15 is 0 Å². The number of alkyl halides is 2. The minimum Gasteiger partial charge on any atom is -0.388 e. The molecule has 5 rings (SSSR count). The van der Waals surface area contributed by atoms with E-state index in [1.807, 2.05) is 17.2 Å². The highest BCUT2D eigenvalue weighted by Crippen LogP contribution is 2.51. The quantitative estimate of drug-likeness (QED) is 0.424. The number of aliphatic hydroxyl groups excluding tert-OH is 1. The minimum atomic E-state index is -2.81. The summed E-state index contributed by atoms with van der Waals surface area (Å²) in [5, 5.41) is 17.5. The number of aliphatic imine (C=N–C) groups is 1. The fourth-order valence-corrected chi connectivity index (χ4v) is 5.57. The van der Waals surface area contributed by atoms with E-state index in [1.54, 1.807) is 12.3 Å². The maximum Gasteiger partial charge on any atom is 0.333 e. The summed E-state index contributed by atoms with van der Waals surface area (Å²) in [6, 6.07) is 4.77. The lowest BCUT2D eigenvalue weighted by Crippen LogP contribution is -2.38. The Hall–Kier alpha value is -2.95. The fraction of sp³-hybridized carbons (Fsp3) is 0.292. The van der Waals surface area contributed by atoms with Crippen LogP contribution >= 0.6 is 22.9 Å². The molecule has 3 atom stereocenters. The molecule has 35 heavy (non-hydrogen) atoms. The second-order valence-electron chi connectivity index (χ2n) is 8.77. The average molecular weight is 520 g/mol. The number of rotatable bonds is 6. The van der Waals surface area contributed by atoms with Crippen molar-refractivity contribution in [1.29, 1.82) is 0 Å². The first-order chi connectivity index (χ1) is 16.7. The zero-order chi connectivity index (χ0) is 24.9. The monoisotopic (exact) mass is 519 g/mol. The number of nitrogens with zero attached hydrogens (tertiary/aromatic N) is 5. The van der Waals surface area contributed by atoms with Crippen LogP contribution in [0.4, 0.5) is 13.2 Å². The number of hydrogen-bond donors (Lipinski definition) is 1. The highest BCUT2D eigenvalue weighted by atomic mass is 35.5. The highest BCUT2D eigenvalue weighted by molar-refractivity contribution is 7.11. The van der Waals surface area contributed by atoms with E-state index in [2.05, 4.69) is 16.7 Å². The van der Waals surface area contributed by atoms with Gasteiger partial charge in [0.05, 0.1) is 11.8 Å². The third-order valence-electron chi connectivity index (χ3n) is 6.41. The maximum absolute atomic E-state index is 13.9. The summed E-state index contributed by atoms with van der Waals surface area (Å²) in [5.74, 6) is 0.0662.